The highest BCUT2D eigenvalue weighted by molar-refractivity contribution is 8.04. The second kappa shape index (κ2) is 9.91. The average Bonchev–Trinajstić information content (AvgIpc) is 2.82. The van der Waals surface area contributed by atoms with Crippen LogP contribution in [0.25, 0.3) is 6.08 Å². The first kappa shape index (κ1) is 23.2. The third kappa shape index (κ3) is 5.03. The van der Waals surface area contributed by atoms with Gasteiger partial charge in [0.15, 0.2) is 11.5 Å². The molecule has 1 aliphatic heterocycles. The molecule has 4 rings (SSSR count). The molecule has 3 atom stereocenters. The molecule has 6 nitrogen and oxygen atoms in total. The molecule has 174 valence electrons. The van der Waals surface area contributed by atoms with Gasteiger partial charge in [0.25, 0.3) is 11.8 Å². The van der Waals surface area contributed by atoms with E-state index in [9.17, 15) is 9.59 Å². The van der Waals surface area contributed by atoms with Crippen LogP contribution in [-0.4, -0.2) is 32.1 Å². The van der Waals surface area contributed by atoms with Crippen molar-refractivity contribution in [2.24, 2.45) is 11.8 Å². The highest BCUT2D eigenvalue weighted by atomic mass is 32.2. The van der Waals surface area contributed by atoms with E-state index in [-0.39, 0.29) is 17.9 Å². The Balaban J connectivity index is 1.50. The number of amides is 2. The van der Waals surface area contributed by atoms with Crippen molar-refractivity contribution in [1.82, 2.24) is 5.32 Å². The van der Waals surface area contributed by atoms with E-state index in [1.807, 2.05) is 36.4 Å². The fraction of sp³-hybridized carbons (Fsp3) is 0.385. The number of fused-ring (bicyclic) bond motifs is 1. The van der Waals surface area contributed by atoms with Crippen molar-refractivity contribution in [2.75, 3.05) is 19.5 Å². The fourth-order valence-corrected chi connectivity index (χ4v) is 5.36. The maximum Gasteiger partial charge on any atom is 0.262 e. The van der Waals surface area contributed by atoms with Crippen molar-refractivity contribution in [3.8, 4) is 11.5 Å². The molecular weight excluding hydrogens is 436 g/mol. The van der Waals surface area contributed by atoms with Crippen molar-refractivity contribution < 1.29 is 19.1 Å². The Kier molecular flexibility index (Phi) is 6.98. The molecule has 2 amide bonds. The maximum atomic E-state index is 12.9. The van der Waals surface area contributed by atoms with Crippen LogP contribution < -0.4 is 20.1 Å². The number of methoxy groups -OCH3 is 2. The number of carbonyl (C=O) groups excluding carboxylic acids is 2. The second-order valence-electron chi connectivity index (χ2n) is 8.74. The molecule has 2 aliphatic rings. The van der Waals surface area contributed by atoms with Crippen molar-refractivity contribution >= 4 is 35.3 Å². The van der Waals surface area contributed by atoms with E-state index in [4.69, 9.17) is 9.47 Å². The van der Waals surface area contributed by atoms with Gasteiger partial charge in [0.1, 0.15) is 0 Å². The molecule has 1 heterocycles. The van der Waals surface area contributed by atoms with Crippen molar-refractivity contribution in [3.05, 3.63) is 52.4 Å². The zero-order chi connectivity index (χ0) is 23.5. The molecule has 1 aliphatic carbocycles. The number of benzene rings is 2. The zero-order valence-corrected chi connectivity index (χ0v) is 20.3. The summed E-state index contributed by atoms with van der Waals surface area (Å²) in [6.45, 7) is 4.46. The number of rotatable bonds is 5. The van der Waals surface area contributed by atoms with Crippen molar-refractivity contribution in [3.63, 3.8) is 0 Å². The monoisotopic (exact) mass is 466 g/mol. The predicted molar refractivity (Wildman–Crippen MR) is 132 cm³/mol. The lowest BCUT2D eigenvalue weighted by Gasteiger charge is -2.34. The first-order chi connectivity index (χ1) is 15.9. The predicted octanol–water partition coefficient (Wildman–Crippen LogP) is 5.34. The lowest BCUT2D eigenvalue weighted by molar-refractivity contribution is -0.112. The lowest BCUT2D eigenvalue weighted by atomic mass is 9.78. The average molecular weight is 467 g/mol. The van der Waals surface area contributed by atoms with E-state index in [2.05, 4.69) is 24.5 Å². The summed E-state index contributed by atoms with van der Waals surface area (Å²) in [7, 11) is 3.17. The quantitative estimate of drug-likeness (QED) is 0.582. The van der Waals surface area contributed by atoms with Crippen LogP contribution in [0.2, 0.25) is 0 Å². The molecule has 2 aromatic carbocycles. The van der Waals surface area contributed by atoms with Gasteiger partial charge >= 0.3 is 0 Å². The molecule has 2 aromatic rings. The molecule has 2 N–H and O–H groups in total. The second-order valence-corrected chi connectivity index (χ2v) is 9.82. The van der Waals surface area contributed by atoms with E-state index in [1.54, 1.807) is 20.3 Å². The first-order valence-electron chi connectivity index (χ1n) is 11.3. The van der Waals surface area contributed by atoms with Gasteiger partial charge in [-0.25, -0.2) is 0 Å². The van der Waals surface area contributed by atoms with Gasteiger partial charge in [0, 0.05) is 16.5 Å². The van der Waals surface area contributed by atoms with Gasteiger partial charge in [-0.1, -0.05) is 44.5 Å². The Hall–Kier alpha value is -2.93. The summed E-state index contributed by atoms with van der Waals surface area (Å²) in [6.07, 6.45) is 5.19. The number of nitrogens with one attached hydrogen (secondary N) is 2. The van der Waals surface area contributed by atoms with Gasteiger partial charge in [0.05, 0.1) is 24.8 Å². The molecule has 0 aromatic heterocycles. The molecule has 33 heavy (non-hydrogen) atoms. The minimum Gasteiger partial charge on any atom is -0.493 e. The molecular formula is C26H30N2O4S. The van der Waals surface area contributed by atoms with Crippen LogP contribution in [0.15, 0.2) is 46.2 Å². The molecule has 0 radical (unpaired) electrons. The Labute approximate surface area is 199 Å². The number of anilines is 1. The van der Waals surface area contributed by atoms with Crippen LogP contribution in [0.5, 0.6) is 11.5 Å². The van der Waals surface area contributed by atoms with Crippen LogP contribution in [0.1, 0.15) is 49.0 Å². The van der Waals surface area contributed by atoms with Gasteiger partial charge < -0.3 is 20.1 Å². The zero-order valence-electron chi connectivity index (χ0n) is 19.4. The molecule has 0 unspecified atom stereocenters. The Bertz CT molecular complexity index is 1100. The van der Waals surface area contributed by atoms with Crippen LogP contribution in [0.3, 0.4) is 0 Å². The number of thioether (sulfide) groups is 1. The van der Waals surface area contributed by atoms with Crippen LogP contribution in [0, 0.1) is 11.8 Å². The van der Waals surface area contributed by atoms with E-state index in [0.717, 1.165) is 23.3 Å². The number of ether oxygens (including phenoxy) is 2. The van der Waals surface area contributed by atoms with Gasteiger partial charge in [-0.05, 0) is 60.2 Å². The summed E-state index contributed by atoms with van der Waals surface area (Å²) in [5, 5.41) is 6.14. The molecule has 7 heteroatoms. The third-order valence-corrected chi connectivity index (χ3v) is 7.76. The summed E-state index contributed by atoms with van der Waals surface area (Å²) >= 11 is 1.39. The largest absolute Gasteiger partial charge is 0.493 e. The molecule has 0 bridgehead atoms. The number of hydrogen-bond acceptors (Lipinski definition) is 5. The number of carbonyl (C=O) groups is 2. The molecule has 1 saturated carbocycles. The van der Waals surface area contributed by atoms with E-state index in [0.29, 0.717) is 39.5 Å². The minimum atomic E-state index is -0.199. The van der Waals surface area contributed by atoms with E-state index < -0.39 is 0 Å². The summed E-state index contributed by atoms with van der Waals surface area (Å²) < 4.78 is 10.6. The van der Waals surface area contributed by atoms with Crippen molar-refractivity contribution in [1.29, 1.82) is 0 Å². The molecule has 0 spiro atoms. The van der Waals surface area contributed by atoms with Gasteiger partial charge in [-0.3, -0.25) is 9.59 Å². The third-order valence-electron chi connectivity index (χ3n) is 6.66. The van der Waals surface area contributed by atoms with Crippen LogP contribution in [-0.2, 0) is 4.79 Å². The Morgan fingerprint density at radius 2 is 1.88 bits per heavy atom. The first-order valence-corrected chi connectivity index (χ1v) is 12.1. The fourth-order valence-electron chi connectivity index (χ4n) is 4.43. The summed E-state index contributed by atoms with van der Waals surface area (Å²) in [5.41, 5.74) is 2.06. The Morgan fingerprint density at radius 1 is 1.09 bits per heavy atom. The normalized spacial score (nSPS) is 23.5. The topological polar surface area (TPSA) is 76.7 Å². The van der Waals surface area contributed by atoms with Gasteiger partial charge in [0.2, 0.25) is 0 Å². The summed E-state index contributed by atoms with van der Waals surface area (Å²) in [4.78, 5) is 27.1. The highest BCUT2D eigenvalue weighted by Gasteiger charge is 2.29. The molecule has 0 saturated heterocycles. The Morgan fingerprint density at radius 3 is 2.64 bits per heavy atom. The van der Waals surface area contributed by atoms with E-state index >= 15 is 0 Å². The molecule has 1 fully saturated rings. The van der Waals surface area contributed by atoms with E-state index in [1.165, 1.54) is 18.2 Å². The highest BCUT2D eigenvalue weighted by Crippen LogP contribution is 2.40. The van der Waals surface area contributed by atoms with Crippen LogP contribution >= 0.6 is 11.8 Å². The SMILES string of the molecule is COc1ccc(/C=C2/Sc3ccc(C(=O)N[C@@H]4CCC[C@H](C)[C@@H]4C)cc3NC2=O)cc1OC. The number of hydrogen-bond donors (Lipinski definition) is 2. The van der Waals surface area contributed by atoms with Crippen LogP contribution in [0.4, 0.5) is 5.69 Å². The van der Waals surface area contributed by atoms with Crippen molar-refractivity contribution in [2.45, 2.75) is 44.0 Å². The van der Waals surface area contributed by atoms with Gasteiger partial charge in [-0.15, -0.1) is 0 Å². The summed E-state index contributed by atoms with van der Waals surface area (Å²) in [6, 6.07) is 11.2. The van der Waals surface area contributed by atoms with Gasteiger partial charge in [-0.2, -0.15) is 0 Å². The summed E-state index contributed by atoms with van der Waals surface area (Å²) in [5.74, 6) is 2.02. The smallest absolute Gasteiger partial charge is 0.262 e. The lowest BCUT2D eigenvalue weighted by Crippen LogP contribution is -2.43. The maximum absolute atomic E-state index is 12.9. The standard InChI is InChI=1S/C26H30N2O4S/c1-15-6-5-7-19(16(15)2)27-25(29)18-9-11-23-20(14-18)28-26(30)24(33-23)13-17-8-10-21(31-3)22(12-17)32-4/h8-16,19H,5-7H2,1-4H3,(H,27,29)(H,28,30)/b24-13+/t15-,16-,19+/m0/s1. The minimum absolute atomic E-state index is 0.0883.